The maximum absolute atomic E-state index is 13.6. The second-order valence-corrected chi connectivity index (χ2v) is 4.29. The molecule has 0 aliphatic carbocycles. The molecule has 6 heteroatoms. The Hall–Kier alpha value is -1.43. The Morgan fingerprint density at radius 2 is 2.12 bits per heavy atom. The van der Waals surface area contributed by atoms with Crippen LogP contribution in [0, 0.1) is 11.6 Å². The summed E-state index contributed by atoms with van der Waals surface area (Å²) in [5, 5.41) is 3.31. The zero-order chi connectivity index (χ0) is 12.6. The lowest BCUT2D eigenvalue weighted by Gasteiger charge is -2.12. The van der Waals surface area contributed by atoms with Gasteiger partial charge in [-0.3, -0.25) is 4.98 Å². The van der Waals surface area contributed by atoms with Crippen molar-refractivity contribution in [1.82, 2.24) is 4.98 Å². The summed E-state index contributed by atoms with van der Waals surface area (Å²) in [4.78, 5) is 3.89. The number of pyridine rings is 1. The molecule has 0 saturated carbocycles. The topological polar surface area (TPSA) is 50.9 Å². The second kappa shape index (κ2) is 4.44. The van der Waals surface area contributed by atoms with E-state index in [1.54, 1.807) is 0 Å². The van der Waals surface area contributed by atoms with Crippen molar-refractivity contribution in [3.8, 4) is 0 Å². The molecule has 2 aromatic rings. The van der Waals surface area contributed by atoms with E-state index in [1.807, 2.05) is 6.92 Å². The first-order valence-corrected chi connectivity index (χ1v) is 5.81. The van der Waals surface area contributed by atoms with Gasteiger partial charge in [-0.15, -0.1) is 0 Å². The monoisotopic (exact) mass is 301 g/mol. The number of nitrogens with two attached hydrogens (primary N) is 1. The van der Waals surface area contributed by atoms with E-state index >= 15 is 0 Å². The van der Waals surface area contributed by atoms with Crippen molar-refractivity contribution in [2.24, 2.45) is 0 Å². The Morgan fingerprint density at radius 3 is 2.76 bits per heavy atom. The molecule has 0 aliphatic rings. The van der Waals surface area contributed by atoms with Crippen molar-refractivity contribution in [2.45, 2.75) is 6.92 Å². The van der Waals surface area contributed by atoms with Gasteiger partial charge in [0.25, 0.3) is 0 Å². The van der Waals surface area contributed by atoms with E-state index in [0.717, 1.165) is 6.07 Å². The minimum absolute atomic E-state index is 0.0865. The minimum Gasteiger partial charge on any atom is -0.396 e. The van der Waals surface area contributed by atoms with Crippen LogP contribution in [0.15, 0.2) is 16.7 Å². The van der Waals surface area contributed by atoms with E-state index in [1.165, 1.54) is 6.20 Å². The highest BCUT2D eigenvalue weighted by Crippen LogP contribution is 2.36. The van der Waals surface area contributed by atoms with Crippen LogP contribution in [-0.4, -0.2) is 11.5 Å². The summed E-state index contributed by atoms with van der Waals surface area (Å²) in [5.74, 6) is -1.39. The first-order chi connectivity index (χ1) is 8.06. The average Bonchev–Trinajstić information content (AvgIpc) is 2.29. The van der Waals surface area contributed by atoms with Crippen molar-refractivity contribution >= 4 is 38.2 Å². The standard InChI is InChI=1S/C11H10BrF2N3/c1-2-16-11-7(15)4-17-10-6(14)3-5(13)9(12)8(10)11/h3-4H,2,15H2,1H3,(H,16,17). The molecule has 0 unspecified atom stereocenters. The molecule has 0 radical (unpaired) electrons. The van der Waals surface area contributed by atoms with E-state index in [-0.39, 0.29) is 9.99 Å². The van der Waals surface area contributed by atoms with E-state index in [9.17, 15) is 8.78 Å². The predicted molar refractivity (Wildman–Crippen MR) is 67.9 cm³/mol. The lowest BCUT2D eigenvalue weighted by Crippen LogP contribution is -2.04. The number of benzene rings is 1. The fraction of sp³-hybridized carbons (Fsp3) is 0.182. The van der Waals surface area contributed by atoms with Gasteiger partial charge in [-0.1, -0.05) is 0 Å². The van der Waals surface area contributed by atoms with Crippen LogP contribution in [0.5, 0.6) is 0 Å². The van der Waals surface area contributed by atoms with Gasteiger partial charge in [0.15, 0.2) is 5.82 Å². The molecule has 0 spiro atoms. The minimum atomic E-state index is -0.708. The van der Waals surface area contributed by atoms with Crippen LogP contribution >= 0.6 is 15.9 Å². The molecule has 0 bridgehead atoms. The molecular formula is C11H10BrF2N3. The number of halogens is 3. The quantitative estimate of drug-likeness (QED) is 0.837. The Labute approximate surface area is 105 Å². The van der Waals surface area contributed by atoms with Crippen LogP contribution in [0.25, 0.3) is 10.9 Å². The number of fused-ring (bicyclic) bond motifs is 1. The van der Waals surface area contributed by atoms with Crippen molar-refractivity contribution in [1.29, 1.82) is 0 Å². The normalized spacial score (nSPS) is 10.8. The SMILES string of the molecule is CCNc1c(N)cnc2c(F)cc(F)c(Br)c12. The zero-order valence-corrected chi connectivity index (χ0v) is 10.6. The fourth-order valence-electron chi connectivity index (χ4n) is 1.65. The highest BCUT2D eigenvalue weighted by atomic mass is 79.9. The van der Waals surface area contributed by atoms with Gasteiger partial charge >= 0.3 is 0 Å². The zero-order valence-electron chi connectivity index (χ0n) is 9.02. The molecular weight excluding hydrogens is 292 g/mol. The lowest BCUT2D eigenvalue weighted by atomic mass is 10.1. The van der Waals surface area contributed by atoms with E-state index < -0.39 is 11.6 Å². The van der Waals surface area contributed by atoms with Crippen LogP contribution in [0.3, 0.4) is 0 Å². The van der Waals surface area contributed by atoms with Crippen LogP contribution in [0.4, 0.5) is 20.2 Å². The van der Waals surface area contributed by atoms with Gasteiger partial charge in [0.2, 0.25) is 0 Å². The van der Waals surface area contributed by atoms with Gasteiger partial charge in [-0.25, -0.2) is 8.78 Å². The van der Waals surface area contributed by atoms with Crippen LogP contribution in [0.1, 0.15) is 6.92 Å². The molecule has 0 aliphatic heterocycles. The third kappa shape index (κ3) is 1.93. The summed E-state index contributed by atoms with van der Waals surface area (Å²) in [6, 6.07) is 0.797. The van der Waals surface area contributed by atoms with Gasteiger partial charge in [0.05, 0.1) is 22.0 Å². The van der Waals surface area contributed by atoms with Gasteiger partial charge in [0.1, 0.15) is 11.3 Å². The molecule has 0 fully saturated rings. The molecule has 3 N–H and O–H groups in total. The molecule has 3 nitrogen and oxygen atoms in total. The number of hydrogen-bond donors (Lipinski definition) is 2. The number of aromatic nitrogens is 1. The number of nitrogens with one attached hydrogen (secondary N) is 1. The number of hydrogen-bond acceptors (Lipinski definition) is 3. The van der Waals surface area contributed by atoms with Gasteiger partial charge < -0.3 is 11.1 Å². The van der Waals surface area contributed by atoms with Crippen molar-refractivity contribution in [2.75, 3.05) is 17.6 Å². The number of rotatable bonds is 2. The molecule has 2 rings (SSSR count). The van der Waals surface area contributed by atoms with Gasteiger partial charge in [0, 0.05) is 18.0 Å². The van der Waals surface area contributed by atoms with E-state index in [0.29, 0.717) is 23.3 Å². The summed E-state index contributed by atoms with van der Waals surface area (Å²) >= 11 is 3.09. The molecule has 1 aromatic carbocycles. The molecule has 1 aromatic heterocycles. The lowest BCUT2D eigenvalue weighted by molar-refractivity contribution is 0.586. The first kappa shape index (κ1) is 12.0. The summed E-state index contributed by atoms with van der Waals surface area (Å²) in [6.07, 6.45) is 1.35. The smallest absolute Gasteiger partial charge is 0.152 e. The van der Waals surface area contributed by atoms with Crippen molar-refractivity contribution < 1.29 is 8.78 Å². The Balaban J connectivity index is 2.91. The summed E-state index contributed by atoms with van der Waals surface area (Å²) in [7, 11) is 0. The molecule has 0 atom stereocenters. The molecule has 90 valence electrons. The van der Waals surface area contributed by atoms with Crippen LogP contribution in [-0.2, 0) is 0 Å². The van der Waals surface area contributed by atoms with Gasteiger partial charge in [-0.2, -0.15) is 0 Å². The van der Waals surface area contributed by atoms with Crippen molar-refractivity contribution in [3.05, 3.63) is 28.4 Å². The fourth-order valence-corrected chi connectivity index (χ4v) is 2.15. The van der Waals surface area contributed by atoms with E-state index in [2.05, 4.69) is 26.2 Å². The Bertz CT molecular complexity index is 587. The van der Waals surface area contributed by atoms with E-state index in [4.69, 9.17) is 5.73 Å². The summed E-state index contributed by atoms with van der Waals surface area (Å²) in [6.45, 7) is 2.46. The third-order valence-corrected chi connectivity index (χ3v) is 3.15. The molecule has 0 saturated heterocycles. The second-order valence-electron chi connectivity index (χ2n) is 3.50. The average molecular weight is 302 g/mol. The highest BCUT2D eigenvalue weighted by molar-refractivity contribution is 9.10. The van der Waals surface area contributed by atoms with Crippen LogP contribution in [0.2, 0.25) is 0 Å². The molecule has 0 amide bonds. The summed E-state index contributed by atoms with van der Waals surface area (Å²) < 4.78 is 27.2. The summed E-state index contributed by atoms with van der Waals surface area (Å²) in [5.41, 5.74) is 6.68. The number of nitrogens with zero attached hydrogens (tertiary/aromatic N) is 1. The number of anilines is 2. The Morgan fingerprint density at radius 1 is 1.41 bits per heavy atom. The first-order valence-electron chi connectivity index (χ1n) is 5.01. The number of nitrogen functional groups attached to an aromatic ring is 1. The maximum atomic E-state index is 13.6. The third-order valence-electron chi connectivity index (χ3n) is 2.37. The van der Waals surface area contributed by atoms with Gasteiger partial charge in [-0.05, 0) is 22.9 Å². The highest BCUT2D eigenvalue weighted by Gasteiger charge is 2.16. The predicted octanol–water partition coefficient (Wildman–Crippen LogP) is 3.29. The largest absolute Gasteiger partial charge is 0.396 e. The Kier molecular flexibility index (Phi) is 3.15. The maximum Gasteiger partial charge on any atom is 0.152 e. The molecule has 17 heavy (non-hydrogen) atoms. The van der Waals surface area contributed by atoms with Crippen LogP contribution < -0.4 is 11.1 Å². The molecule has 1 heterocycles. The van der Waals surface area contributed by atoms with Crippen molar-refractivity contribution in [3.63, 3.8) is 0 Å².